The maximum absolute atomic E-state index is 10.2. The average Bonchev–Trinajstić information content (AvgIpc) is 2.48. The molecule has 4 nitrogen and oxygen atoms in total. The second-order valence-electron chi connectivity index (χ2n) is 5.13. The number of methoxy groups -OCH3 is 1. The monoisotopic (exact) mass is 287 g/mol. The number of aliphatic hydroxyl groups excluding tert-OH is 1. The highest BCUT2D eigenvalue weighted by Crippen LogP contribution is 2.26. The standard InChI is InChI=1S/C17H21NO3/c1-18(12-16(20)14-6-4-3-5-7-14)11-13-8-9-17(21-2)15(19)10-13/h3-10,16,19-20H,11-12H2,1-2H3. The first-order valence-electron chi connectivity index (χ1n) is 6.87. The van der Waals surface area contributed by atoms with Crippen LogP contribution in [0.15, 0.2) is 48.5 Å². The van der Waals surface area contributed by atoms with E-state index in [1.807, 2.05) is 48.3 Å². The van der Waals surface area contributed by atoms with E-state index < -0.39 is 6.10 Å². The molecule has 0 aliphatic heterocycles. The maximum atomic E-state index is 10.2. The van der Waals surface area contributed by atoms with Gasteiger partial charge >= 0.3 is 0 Å². The van der Waals surface area contributed by atoms with Gasteiger partial charge in [0.2, 0.25) is 0 Å². The van der Waals surface area contributed by atoms with Crippen molar-refractivity contribution >= 4 is 0 Å². The van der Waals surface area contributed by atoms with Crippen molar-refractivity contribution in [2.45, 2.75) is 12.6 Å². The van der Waals surface area contributed by atoms with Gasteiger partial charge < -0.3 is 14.9 Å². The van der Waals surface area contributed by atoms with Crippen LogP contribution in [0.4, 0.5) is 0 Å². The molecule has 0 heterocycles. The summed E-state index contributed by atoms with van der Waals surface area (Å²) in [6.45, 7) is 1.16. The van der Waals surface area contributed by atoms with Crippen molar-refractivity contribution in [3.05, 3.63) is 59.7 Å². The van der Waals surface area contributed by atoms with Gasteiger partial charge in [0.1, 0.15) is 0 Å². The largest absolute Gasteiger partial charge is 0.504 e. The summed E-state index contributed by atoms with van der Waals surface area (Å²) in [5.41, 5.74) is 1.87. The molecule has 2 aromatic rings. The third kappa shape index (κ3) is 4.21. The van der Waals surface area contributed by atoms with Crippen molar-refractivity contribution in [1.82, 2.24) is 4.90 Å². The molecule has 0 aromatic heterocycles. The van der Waals surface area contributed by atoms with Crippen molar-refractivity contribution in [3.63, 3.8) is 0 Å². The smallest absolute Gasteiger partial charge is 0.160 e. The highest BCUT2D eigenvalue weighted by Gasteiger charge is 2.11. The second-order valence-corrected chi connectivity index (χ2v) is 5.13. The van der Waals surface area contributed by atoms with E-state index in [1.54, 1.807) is 12.1 Å². The zero-order valence-corrected chi connectivity index (χ0v) is 12.4. The van der Waals surface area contributed by atoms with E-state index in [9.17, 15) is 10.2 Å². The maximum Gasteiger partial charge on any atom is 0.160 e. The van der Waals surface area contributed by atoms with Crippen molar-refractivity contribution in [2.75, 3.05) is 20.7 Å². The van der Waals surface area contributed by atoms with Gasteiger partial charge in [0.15, 0.2) is 11.5 Å². The Morgan fingerprint density at radius 1 is 1.14 bits per heavy atom. The molecule has 0 saturated carbocycles. The van der Waals surface area contributed by atoms with Gasteiger partial charge in [-0.15, -0.1) is 0 Å². The van der Waals surface area contributed by atoms with Gasteiger partial charge in [-0.1, -0.05) is 36.4 Å². The van der Waals surface area contributed by atoms with Gasteiger partial charge in [0.25, 0.3) is 0 Å². The minimum Gasteiger partial charge on any atom is -0.504 e. The summed E-state index contributed by atoms with van der Waals surface area (Å²) in [4.78, 5) is 2.01. The first kappa shape index (κ1) is 15.4. The number of rotatable bonds is 6. The fourth-order valence-electron chi connectivity index (χ4n) is 2.29. The van der Waals surface area contributed by atoms with Crippen molar-refractivity contribution < 1.29 is 14.9 Å². The third-order valence-corrected chi connectivity index (χ3v) is 3.36. The van der Waals surface area contributed by atoms with E-state index in [4.69, 9.17) is 4.74 Å². The molecular weight excluding hydrogens is 266 g/mol. The number of hydrogen-bond donors (Lipinski definition) is 2. The molecule has 0 spiro atoms. The molecule has 2 N–H and O–H groups in total. The van der Waals surface area contributed by atoms with Gasteiger partial charge in [0, 0.05) is 13.1 Å². The summed E-state index contributed by atoms with van der Waals surface area (Å²) in [6, 6.07) is 14.9. The predicted octanol–water partition coefficient (Wildman–Crippen LogP) is 2.57. The third-order valence-electron chi connectivity index (χ3n) is 3.36. The van der Waals surface area contributed by atoms with E-state index >= 15 is 0 Å². The molecule has 1 atom stereocenters. The predicted molar refractivity (Wildman–Crippen MR) is 82.4 cm³/mol. The van der Waals surface area contributed by atoms with Crippen LogP contribution in [0.1, 0.15) is 17.2 Å². The van der Waals surface area contributed by atoms with Gasteiger partial charge in [-0.2, -0.15) is 0 Å². The highest BCUT2D eigenvalue weighted by atomic mass is 16.5. The lowest BCUT2D eigenvalue weighted by molar-refractivity contribution is 0.124. The Morgan fingerprint density at radius 2 is 1.86 bits per heavy atom. The molecule has 4 heteroatoms. The second kappa shape index (κ2) is 7.11. The summed E-state index contributed by atoms with van der Waals surface area (Å²) in [6.07, 6.45) is -0.525. The van der Waals surface area contributed by atoms with Crippen LogP contribution in [0.2, 0.25) is 0 Å². The Hall–Kier alpha value is -2.04. The number of phenolic OH excluding ortho intramolecular Hbond substituents is 1. The number of benzene rings is 2. The SMILES string of the molecule is COc1ccc(CN(C)CC(O)c2ccccc2)cc1O. The number of likely N-dealkylation sites (N-methyl/N-ethyl adjacent to an activating group) is 1. The fourth-order valence-corrected chi connectivity index (χ4v) is 2.29. The molecule has 21 heavy (non-hydrogen) atoms. The molecular formula is C17H21NO3. The first-order chi connectivity index (χ1) is 10.1. The molecule has 0 bridgehead atoms. The Kier molecular flexibility index (Phi) is 5.20. The van der Waals surface area contributed by atoms with Crippen LogP contribution in [0.5, 0.6) is 11.5 Å². The van der Waals surface area contributed by atoms with Crippen LogP contribution in [-0.2, 0) is 6.54 Å². The fraction of sp³-hybridized carbons (Fsp3) is 0.294. The summed E-state index contributed by atoms with van der Waals surface area (Å²) >= 11 is 0. The Labute approximate surface area is 125 Å². The van der Waals surface area contributed by atoms with E-state index in [-0.39, 0.29) is 5.75 Å². The zero-order valence-electron chi connectivity index (χ0n) is 12.4. The molecule has 0 radical (unpaired) electrons. The van der Waals surface area contributed by atoms with Gasteiger partial charge in [-0.3, -0.25) is 4.90 Å². The van der Waals surface area contributed by atoms with Gasteiger partial charge in [-0.05, 0) is 30.3 Å². The van der Waals surface area contributed by atoms with E-state index in [2.05, 4.69) is 0 Å². The normalized spacial score (nSPS) is 12.4. The van der Waals surface area contributed by atoms with Gasteiger partial charge in [0.05, 0.1) is 13.2 Å². The number of ether oxygens (including phenoxy) is 1. The molecule has 112 valence electrons. The van der Waals surface area contributed by atoms with E-state index in [1.165, 1.54) is 7.11 Å². The molecule has 0 saturated heterocycles. The zero-order chi connectivity index (χ0) is 15.2. The number of aromatic hydroxyl groups is 1. The van der Waals surface area contributed by atoms with Crippen molar-refractivity contribution in [1.29, 1.82) is 0 Å². The van der Waals surface area contributed by atoms with Gasteiger partial charge in [-0.25, -0.2) is 0 Å². The molecule has 1 unspecified atom stereocenters. The molecule has 2 rings (SSSR count). The Morgan fingerprint density at radius 3 is 2.48 bits per heavy atom. The van der Waals surface area contributed by atoms with Crippen LogP contribution in [0.25, 0.3) is 0 Å². The van der Waals surface area contributed by atoms with Crippen molar-refractivity contribution in [3.8, 4) is 11.5 Å². The van der Waals surface area contributed by atoms with Crippen molar-refractivity contribution in [2.24, 2.45) is 0 Å². The molecule has 0 aliphatic carbocycles. The van der Waals surface area contributed by atoms with Crippen LogP contribution in [-0.4, -0.2) is 35.8 Å². The van der Waals surface area contributed by atoms with Crippen LogP contribution in [0.3, 0.4) is 0 Å². The van der Waals surface area contributed by atoms with E-state index in [0.29, 0.717) is 18.8 Å². The Balaban J connectivity index is 1.95. The molecule has 2 aromatic carbocycles. The van der Waals surface area contributed by atoms with Crippen LogP contribution in [0, 0.1) is 0 Å². The molecule has 0 aliphatic rings. The number of hydrogen-bond acceptors (Lipinski definition) is 4. The summed E-state index contributed by atoms with van der Waals surface area (Å²) < 4.78 is 5.02. The lowest BCUT2D eigenvalue weighted by atomic mass is 10.1. The molecule has 0 amide bonds. The van der Waals surface area contributed by atoms with Crippen LogP contribution < -0.4 is 4.74 Å². The summed E-state index contributed by atoms with van der Waals surface area (Å²) in [7, 11) is 3.46. The highest BCUT2D eigenvalue weighted by molar-refractivity contribution is 5.41. The minimum atomic E-state index is -0.525. The topological polar surface area (TPSA) is 52.9 Å². The lowest BCUT2D eigenvalue weighted by Crippen LogP contribution is -2.24. The summed E-state index contributed by atoms with van der Waals surface area (Å²) in [5, 5.41) is 20.0. The average molecular weight is 287 g/mol. The number of aliphatic hydroxyl groups is 1. The number of phenols is 1. The molecule has 0 fully saturated rings. The van der Waals surface area contributed by atoms with Crippen LogP contribution >= 0.6 is 0 Å². The first-order valence-corrected chi connectivity index (χ1v) is 6.87. The summed E-state index contributed by atoms with van der Waals surface area (Å²) in [5.74, 6) is 0.595. The van der Waals surface area contributed by atoms with E-state index in [0.717, 1.165) is 11.1 Å². The number of nitrogens with zero attached hydrogens (tertiary/aromatic N) is 1. The Bertz CT molecular complexity index is 572. The lowest BCUT2D eigenvalue weighted by Gasteiger charge is -2.21. The minimum absolute atomic E-state index is 0.131. The quantitative estimate of drug-likeness (QED) is 0.857.